The Hall–Kier alpha value is -3.06. The van der Waals surface area contributed by atoms with Crippen LogP contribution in [0.3, 0.4) is 0 Å². The number of aryl methyl sites for hydroxylation is 1. The van der Waals surface area contributed by atoms with Gasteiger partial charge in [-0.25, -0.2) is 0 Å². The zero-order valence-electron chi connectivity index (χ0n) is 15.5. The lowest BCUT2D eigenvalue weighted by atomic mass is 10.2. The largest absolute Gasteiger partial charge is 0.486 e. The standard InChI is InChI=1S/C21H18ClF2NO4/c1-2-13-3-6-15(7-4-13)27-12-16-8-10-19(28-16)20(26)25-14-5-9-18(17(22)11-14)29-21(23)24/h3-11,21H,2,12H2,1H3,(H,25,26). The molecule has 3 aromatic rings. The third-order valence-corrected chi connectivity index (χ3v) is 4.30. The van der Waals surface area contributed by atoms with Crippen molar-refractivity contribution < 1.29 is 27.5 Å². The summed E-state index contributed by atoms with van der Waals surface area (Å²) >= 11 is 5.88. The highest BCUT2D eigenvalue weighted by Gasteiger charge is 2.14. The summed E-state index contributed by atoms with van der Waals surface area (Å²) < 4.78 is 39.9. The first kappa shape index (κ1) is 20.7. The van der Waals surface area contributed by atoms with Crippen LogP contribution in [0.2, 0.25) is 5.02 Å². The lowest BCUT2D eigenvalue weighted by Gasteiger charge is -2.09. The number of rotatable bonds is 8. The maximum absolute atomic E-state index is 12.3. The lowest BCUT2D eigenvalue weighted by molar-refractivity contribution is -0.0497. The SMILES string of the molecule is CCc1ccc(OCc2ccc(C(=O)Nc3ccc(OC(F)F)c(Cl)c3)o2)cc1. The number of furan rings is 1. The summed E-state index contributed by atoms with van der Waals surface area (Å²) in [7, 11) is 0. The van der Waals surface area contributed by atoms with Gasteiger partial charge >= 0.3 is 6.61 Å². The second-order valence-electron chi connectivity index (χ2n) is 6.03. The number of alkyl halides is 2. The van der Waals surface area contributed by atoms with E-state index in [0.717, 1.165) is 6.42 Å². The molecule has 5 nitrogen and oxygen atoms in total. The molecule has 1 heterocycles. The highest BCUT2D eigenvalue weighted by Crippen LogP contribution is 2.29. The molecule has 8 heteroatoms. The fourth-order valence-corrected chi connectivity index (χ4v) is 2.74. The van der Waals surface area contributed by atoms with Crippen LogP contribution in [0.4, 0.5) is 14.5 Å². The Labute approximate surface area is 171 Å². The summed E-state index contributed by atoms with van der Waals surface area (Å²) in [6.07, 6.45) is 0.949. The first-order chi connectivity index (χ1) is 13.9. The third-order valence-electron chi connectivity index (χ3n) is 4.00. The number of carbonyl (C=O) groups excluding carboxylic acids is 1. The van der Waals surface area contributed by atoms with E-state index >= 15 is 0 Å². The number of ether oxygens (including phenoxy) is 2. The summed E-state index contributed by atoms with van der Waals surface area (Å²) in [4.78, 5) is 12.3. The molecule has 0 saturated carbocycles. The lowest BCUT2D eigenvalue weighted by Crippen LogP contribution is -2.11. The van der Waals surface area contributed by atoms with E-state index in [1.165, 1.54) is 29.8 Å². The number of halogens is 3. The second kappa shape index (κ2) is 9.43. The van der Waals surface area contributed by atoms with Crippen LogP contribution in [-0.2, 0) is 13.0 Å². The molecule has 0 aliphatic carbocycles. The molecule has 0 atom stereocenters. The molecule has 1 aromatic heterocycles. The van der Waals surface area contributed by atoms with Crippen LogP contribution in [0.25, 0.3) is 0 Å². The van der Waals surface area contributed by atoms with Gasteiger partial charge in [0.05, 0.1) is 5.02 Å². The van der Waals surface area contributed by atoms with Crippen molar-refractivity contribution in [2.45, 2.75) is 26.6 Å². The van der Waals surface area contributed by atoms with E-state index < -0.39 is 12.5 Å². The fraction of sp³-hybridized carbons (Fsp3) is 0.190. The Kier molecular flexibility index (Phi) is 6.72. The first-order valence-corrected chi connectivity index (χ1v) is 9.18. The van der Waals surface area contributed by atoms with Gasteiger partial charge in [-0.05, 0) is 54.4 Å². The molecule has 1 N–H and O–H groups in total. The number of amides is 1. The van der Waals surface area contributed by atoms with E-state index in [-0.39, 0.29) is 23.1 Å². The third kappa shape index (κ3) is 5.71. The molecule has 29 heavy (non-hydrogen) atoms. The van der Waals surface area contributed by atoms with Crippen molar-refractivity contribution in [1.82, 2.24) is 0 Å². The molecular formula is C21H18ClF2NO4. The molecule has 0 saturated heterocycles. The highest BCUT2D eigenvalue weighted by molar-refractivity contribution is 6.32. The Morgan fingerprint density at radius 1 is 1.14 bits per heavy atom. The Morgan fingerprint density at radius 2 is 1.90 bits per heavy atom. The van der Waals surface area contributed by atoms with Crippen molar-refractivity contribution in [2.24, 2.45) is 0 Å². The molecular weight excluding hydrogens is 404 g/mol. The average Bonchev–Trinajstić information content (AvgIpc) is 3.18. The summed E-state index contributed by atoms with van der Waals surface area (Å²) in [5.41, 5.74) is 1.52. The molecule has 0 spiro atoms. The van der Waals surface area contributed by atoms with E-state index in [1.807, 2.05) is 24.3 Å². The Bertz CT molecular complexity index is 973. The first-order valence-electron chi connectivity index (χ1n) is 8.80. The van der Waals surface area contributed by atoms with Gasteiger partial charge in [0.1, 0.15) is 23.9 Å². The summed E-state index contributed by atoms with van der Waals surface area (Å²) in [5.74, 6) is 0.568. The minimum absolute atomic E-state index is 0.0503. The zero-order valence-corrected chi connectivity index (χ0v) is 16.2. The van der Waals surface area contributed by atoms with Crippen LogP contribution < -0.4 is 14.8 Å². The molecule has 0 fully saturated rings. The van der Waals surface area contributed by atoms with Gasteiger partial charge in [0.15, 0.2) is 5.76 Å². The van der Waals surface area contributed by atoms with Crippen molar-refractivity contribution in [3.63, 3.8) is 0 Å². The van der Waals surface area contributed by atoms with Gasteiger partial charge in [0.2, 0.25) is 0 Å². The molecule has 0 unspecified atom stereocenters. The van der Waals surface area contributed by atoms with E-state index in [2.05, 4.69) is 17.0 Å². The minimum atomic E-state index is -2.98. The summed E-state index contributed by atoms with van der Waals surface area (Å²) in [5, 5.41) is 2.53. The number of carbonyl (C=O) groups is 1. The average molecular weight is 422 g/mol. The molecule has 1 amide bonds. The molecule has 152 valence electrons. The predicted octanol–water partition coefficient (Wildman–Crippen LogP) is 5.93. The number of anilines is 1. The topological polar surface area (TPSA) is 60.7 Å². The zero-order chi connectivity index (χ0) is 20.8. The highest BCUT2D eigenvalue weighted by atomic mass is 35.5. The smallest absolute Gasteiger partial charge is 0.387 e. The normalized spacial score (nSPS) is 10.8. The molecule has 2 aromatic carbocycles. The number of benzene rings is 2. The Morgan fingerprint density at radius 3 is 2.55 bits per heavy atom. The van der Waals surface area contributed by atoms with Crippen LogP contribution in [0.1, 0.15) is 28.8 Å². The second-order valence-corrected chi connectivity index (χ2v) is 6.44. The minimum Gasteiger partial charge on any atom is -0.486 e. The van der Waals surface area contributed by atoms with Crippen LogP contribution >= 0.6 is 11.6 Å². The summed E-state index contributed by atoms with van der Waals surface area (Å²) in [6.45, 7) is -0.740. The molecule has 0 aliphatic rings. The molecule has 3 rings (SSSR count). The van der Waals surface area contributed by atoms with Crippen molar-refractivity contribution >= 4 is 23.2 Å². The molecule has 0 aliphatic heterocycles. The Balaban J connectivity index is 1.58. The van der Waals surface area contributed by atoms with E-state index in [9.17, 15) is 13.6 Å². The van der Waals surface area contributed by atoms with Crippen molar-refractivity contribution in [3.05, 3.63) is 76.7 Å². The quantitative estimate of drug-likeness (QED) is 0.489. The summed E-state index contributed by atoms with van der Waals surface area (Å²) in [6, 6.07) is 14.8. The van der Waals surface area contributed by atoms with Crippen LogP contribution in [0.15, 0.2) is 59.0 Å². The van der Waals surface area contributed by atoms with E-state index in [4.69, 9.17) is 20.8 Å². The van der Waals surface area contributed by atoms with Gasteiger partial charge in [-0.1, -0.05) is 30.7 Å². The van der Waals surface area contributed by atoms with Gasteiger partial charge in [-0.15, -0.1) is 0 Å². The van der Waals surface area contributed by atoms with Crippen molar-refractivity contribution in [2.75, 3.05) is 5.32 Å². The van der Waals surface area contributed by atoms with E-state index in [0.29, 0.717) is 17.2 Å². The van der Waals surface area contributed by atoms with Crippen molar-refractivity contribution in [1.29, 1.82) is 0 Å². The number of hydrogen-bond donors (Lipinski definition) is 1. The fourth-order valence-electron chi connectivity index (χ4n) is 2.52. The van der Waals surface area contributed by atoms with Gasteiger partial charge in [0, 0.05) is 5.69 Å². The van der Waals surface area contributed by atoms with Crippen LogP contribution in [0, 0.1) is 0 Å². The number of hydrogen-bond acceptors (Lipinski definition) is 4. The monoisotopic (exact) mass is 421 g/mol. The van der Waals surface area contributed by atoms with Gasteiger partial charge in [-0.2, -0.15) is 8.78 Å². The number of nitrogens with one attached hydrogen (secondary N) is 1. The maximum Gasteiger partial charge on any atom is 0.387 e. The van der Waals surface area contributed by atoms with Gasteiger partial charge in [-0.3, -0.25) is 4.79 Å². The van der Waals surface area contributed by atoms with Gasteiger partial charge in [0.25, 0.3) is 5.91 Å². The van der Waals surface area contributed by atoms with Crippen LogP contribution in [0.5, 0.6) is 11.5 Å². The van der Waals surface area contributed by atoms with E-state index in [1.54, 1.807) is 6.07 Å². The predicted molar refractivity (Wildman–Crippen MR) is 105 cm³/mol. The molecule has 0 radical (unpaired) electrons. The molecule has 0 bridgehead atoms. The van der Waals surface area contributed by atoms with Gasteiger partial charge < -0.3 is 19.2 Å². The maximum atomic E-state index is 12.3. The van der Waals surface area contributed by atoms with Crippen LogP contribution in [-0.4, -0.2) is 12.5 Å². The van der Waals surface area contributed by atoms with Crippen molar-refractivity contribution in [3.8, 4) is 11.5 Å².